The molecule has 2 N–H and O–H groups in total. The molecule has 0 aliphatic carbocycles. The first-order chi connectivity index (χ1) is 14.9. The Hall–Kier alpha value is -2.52. The lowest BCUT2D eigenvalue weighted by Crippen LogP contribution is -2.17. The zero-order valence-electron chi connectivity index (χ0n) is 18.5. The molecule has 0 saturated heterocycles. The fraction of sp³-hybridized carbons (Fsp3) is 0.455. The Morgan fingerprint density at radius 2 is 2.06 bits per heavy atom. The Balaban J connectivity index is 1.96. The van der Waals surface area contributed by atoms with Gasteiger partial charge in [0, 0.05) is 35.9 Å². The van der Waals surface area contributed by atoms with Gasteiger partial charge in [0.1, 0.15) is 0 Å². The van der Waals surface area contributed by atoms with Gasteiger partial charge in [-0.05, 0) is 56.7 Å². The third-order valence-corrected chi connectivity index (χ3v) is 5.26. The molecule has 0 aliphatic rings. The molecule has 8 nitrogen and oxygen atoms in total. The number of hydrogen-bond donors (Lipinski definition) is 2. The summed E-state index contributed by atoms with van der Waals surface area (Å²) in [6.07, 6.45) is 4.25. The Morgan fingerprint density at radius 3 is 2.77 bits per heavy atom. The van der Waals surface area contributed by atoms with E-state index in [-0.39, 0.29) is 0 Å². The lowest BCUT2D eigenvalue weighted by molar-refractivity contribution is -0.105. The van der Waals surface area contributed by atoms with Gasteiger partial charge in [-0.2, -0.15) is 10.1 Å². The van der Waals surface area contributed by atoms with Crippen molar-refractivity contribution in [3.05, 3.63) is 40.1 Å². The van der Waals surface area contributed by atoms with Crippen molar-refractivity contribution in [1.82, 2.24) is 24.6 Å². The predicted molar refractivity (Wildman–Crippen MR) is 128 cm³/mol. The van der Waals surface area contributed by atoms with Gasteiger partial charge in [0.25, 0.3) is 0 Å². The number of halogens is 1. The second-order valence-corrected chi connectivity index (χ2v) is 9.22. The van der Waals surface area contributed by atoms with Gasteiger partial charge in [-0.25, -0.2) is 4.98 Å². The molecule has 2 aromatic heterocycles. The molecule has 1 amide bonds. The normalized spacial score (nSPS) is 11.5. The molecule has 0 bridgehead atoms. The van der Waals surface area contributed by atoms with E-state index in [0.29, 0.717) is 30.3 Å². The molecule has 0 atom stereocenters. The van der Waals surface area contributed by atoms with Gasteiger partial charge in [-0.1, -0.05) is 29.8 Å². The molecule has 0 radical (unpaired) electrons. The van der Waals surface area contributed by atoms with Crippen LogP contribution in [-0.4, -0.2) is 58.2 Å². The fourth-order valence-electron chi connectivity index (χ4n) is 3.38. The molecule has 1 aromatic carbocycles. The highest BCUT2D eigenvalue weighted by molar-refractivity contribution is 9.10. The summed E-state index contributed by atoms with van der Waals surface area (Å²) in [5, 5.41) is 11.7. The molecule has 3 aromatic rings. The van der Waals surface area contributed by atoms with E-state index in [1.54, 1.807) is 0 Å². The molecule has 3 rings (SSSR count). The van der Waals surface area contributed by atoms with Crippen molar-refractivity contribution in [3.8, 4) is 0 Å². The van der Waals surface area contributed by atoms with Gasteiger partial charge in [0.05, 0.1) is 11.1 Å². The fourth-order valence-corrected chi connectivity index (χ4v) is 3.79. The van der Waals surface area contributed by atoms with E-state index in [1.165, 1.54) is 0 Å². The minimum absolute atomic E-state index is 0.475. The third-order valence-electron chi connectivity index (χ3n) is 4.76. The van der Waals surface area contributed by atoms with Crippen molar-refractivity contribution in [2.45, 2.75) is 33.2 Å². The number of aromatic nitrogens is 4. The van der Waals surface area contributed by atoms with Crippen molar-refractivity contribution in [2.24, 2.45) is 5.92 Å². The molecular weight excluding hydrogens is 458 g/mol. The number of anilines is 2. The zero-order chi connectivity index (χ0) is 22.4. The SMILES string of the molecule is CC(C)Cn1cc2c(Cc3cc(Br)ccc3NC=O)nc(NCCCN(C)C)nc2n1. The van der Waals surface area contributed by atoms with Crippen molar-refractivity contribution in [3.63, 3.8) is 0 Å². The minimum Gasteiger partial charge on any atom is -0.354 e. The summed E-state index contributed by atoms with van der Waals surface area (Å²) in [5.74, 6) is 1.05. The second-order valence-electron chi connectivity index (χ2n) is 8.30. The Labute approximate surface area is 191 Å². The Morgan fingerprint density at radius 1 is 1.26 bits per heavy atom. The summed E-state index contributed by atoms with van der Waals surface area (Å²) in [6, 6.07) is 5.79. The van der Waals surface area contributed by atoms with Crippen molar-refractivity contribution >= 4 is 45.0 Å². The third kappa shape index (κ3) is 6.48. The van der Waals surface area contributed by atoms with Crippen molar-refractivity contribution in [1.29, 1.82) is 0 Å². The average Bonchev–Trinajstić information content (AvgIpc) is 3.09. The number of nitrogens with zero attached hydrogens (tertiary/aromatic N) is 5. The molecule has 2 heterocycles. The maximum atomic E-state index is 11.1. The van der Waals surface area contributed by atoms with Crippen LogP contribution in [0.25, 0.3) is 11.0 Å². The molecule has 31 heavy (non-hydrogen) atoms. The highest BCUT2D eigenvalue weighted by Gasteiger charge is 2.15. The second kappa shape index (κ2) is 10.7. The van der Waals surface area contributed by atoms with E-state index >= 15 is 0 Å². The summed E-state index contributed by atoms with van der Waals surface area (Å²) in [7, 11) is 4.12. The highest BCUT2D eigenvalue weighted by Crippen LogP contribution is 2.26. The van der Waals surface area contributed by atoms with Gasteiger partial charge < -0.3 is 15.5 Å². The van der Waals surface area contributed by atoms with Crippen LogP contribution in [0.1, 0.15) is 31.5 Å². The van der Waals surface area contributed by atoms with Crippen LogP contribution in [0.4, 0.5) is 11.6 Å². The quantitative estimate of drug-likeness (QED) is 0.316. The number of rotatable bonds is 11. The monoisotopic (exact) mass is 487 g/mol. The molecule has 0 saturated carbocycles. The smallest absolute Gasteiger partial charge is 0.225 e. The predicted octanol–water partition coefficient (Wildman–Crippen LogP) is 3.77. The van der Waals surface area contributed by atoms with Crippen LogP contribution in [0.3, 0.4) is 0 Å². The number of amides is 1. The summed E-state index contributed by atoms with van der Waals surface area (Å²) >= 11 is 3.53. The van der Waals surface area contributed by atoms with E-state index in [9.17, 15) is 4.79 Å². The van der Waals surface area contributed by atoms with Gasteiger partial charge in [0.15, 0.2) is 5.65 Å². The lowest BCUT2D eigenvalue weighted by atomic mass is 10.1. The van der Waals surface area contributed by atoms with Gasteiger partial charge >= 0.3 is 0 Å². The van der Waals surface area contributed by atoms with E-state index in [1.807, 2.05) is 29.1 Å². The molecule has 0 fully saturated rings. The van der Waals surface area contributed by atoms with Crippen molar-refractivity contribution in [2.75, 3.05) is 37.8 Å². The number of benzene rings is 1. The van der Waals surface area contributed by atoms with Gasteiger partial charge in [-0.3, -0.25) is 9.48 Å². The van der Waals surface area contributed by atoms with E-state index in [2.05, 4.69) is 69.5 Å². The molecule has 9 heteroatoms. The number of carbonyl (C=O) groups excluding carboxylic acids is 1. The molecular formula is C22H30BrN7O. The van der Waals surface area contributed by atoms with Crippen LogP contribution in [0.15, 0.2) is 28.9 Å². The first-order valence-electron chi connectivity index (χ1n) is 10.5. The number of hydrogen-bond acceptors (Lipinski definition) is 6. The summed E-state index contributed by atoms with van der Waals surface area (Å²) in [4.78, 5) is 22.7. The Kier molecular flexibility index (Phi) is 7.97. The van der Waals surface area contributed by atoms with E-state index in [0.717, 1.165) is 52.9 Å². The van der Waals surface area contributed by atoms with Gasteiger partial charge in [-0.15, -0.1) is 0 Å². The summed E-state index contributed by atoms with van der Waals surface area (Å²) < 4.78 is 2.89. The van der Waals surface area contributed by atoms with Gasteiger partial charge in [0.2, 0.25) is 12.4 Å². The lowest BCUT2D eigenvalue weighted by Gasteiger charge is -2.12. The summed E-state index contributed by atoms with van der Waals surface area (Å²) in [6.45, 7) is 6.91. The minimum atomic E-state index is 0.475. The maximum Gasteiger partial charge on any atom is 0.225 e. The maximum absolute atomic E-state index is 11.1. The zero-order valence-corrected chi connectivity index (χ0v) is 20.1. The first-order valence-corrected chi connectivity index (χ1v) is 11.3. The van der Waals surface area contributed by atoms with Crippen LogP contribution < -0.4 is 10.6 Å². The van der Waals surface area contributed by atoms with Crippen molar-refractivity contribution < 1.29 is 4.79 Å². The highest BCUT2D eigenvalue weighted by atomic mass is 79.9. The molecule has 0 spiro atoms. The Bertz CT molecular complexity index is 1030. The number of fused-ring (bicyclic) bond motifs is 1. The standard InChI is InChI=1S/C22H30BrN7O/c1-15(2)12-30-13-18-20(11-16-10-17(23)6-7-19(16)25-14-31)26-22(27-21(18)28-30)24-8-5-9-29(3)4/h6-7,10,13-15H,5,8-9,11-12H2,1-4H3,(H,25,31)(H,24,27,28). The van der Waals surface area contributed by atoms with Crippen LogP contribution in [0.5, 0.6) is 0 Å². The topological polar surface area (TPSA) is 88.0 Å². The molecule has 0 unspecified atom stereocenters. The van der Waals surface area contributed by atoms with Crippen LogP contribution in [0, 0.1) is 5.92 Å². The number of nitrogens with one attached hydrogen (secondary N) is 2. The largest absolute Gasteiger partial charge is 0.354 e. The van der Waals surface area contributed by atoms with E-state index < -0.39 is 0 Å². The van der Waals surface area contributed by atoms with Crippen LogP contribution in [0.2, 0.25) is 0 Å². The average molecular weight is 488 g/mol. The number of carbonyl (C=O) groups is 1. The first kappa shape index (κ1) is 23.1. The molecule has 166 valence electrons. The van der Waals surface area contributed by atoms with Crippen LogP contribution in [-0.2, 0) is 17.8 Å². The molecule has 0 aliphatic heterocycles. The van der Waals surface area contributed by atoms with Crippen LogP contribution >= 0.6 is 15.9 Å². The van der Waals surface area contributed by atoms with E-state index in [4.69, 9.17) is 4.98 Å². The summed E-state index contributed by atoms with van der Waals surface area (Å²) in [5.41, 5.74) is 3.29.